The van der Waals surface area contributed by atoms with Crippen molar-refractivity contribution in [1.82, 2.24) is 5.32 Å². The van der Waals surface area contributed by atoms with Crippen molar-refractivity contribution >= 4 is 11.9 Å². The fourth-order valence-corrected chi connectivity index (χ4v) is 9.66. The first-order valence-electron chi connectivity index (χ1n) is 31.9. The van der Waals surface area contributed by atoms with Gasteiger partial charge >= 0.3 is 5.97 Å². The maximum atomic E-state index is 12.4. The zero-order valence-corrected chi connectivity index (χ0v) is 48.2. The number of carbonyl (C=O) groups excluding carboxylic acids is 2. The lowest BCUT2D eigenvalue weighted by Crippen LogP contribution is -2.45. The summed E-state index contributed by atoms with van der Waals surface area (Å²) in [5, 5.41) is 23.0. The lowest BCUT2D eigenvalue weighted by Gasteiger charge is -2.20. The van der Waals surface area contributed by atoms with Crippen molar-refractivity contribution in [2.45, 2.75) is 347 Å². The molecule has 3 N–H and O–H groups in total. The second kappa shape index (κ2) is 61.4. The summed E-state index contributed by atoms with van der Waals surface area (Å²) >= 11 is 0. The van der Waals surface area contributed by atoms with Gasteiger partial charge in [-0.1, -0.05) is 281 Å². The van der Waals surface area contributed by atoms with Gasteiger partial charge < -0.3 is 20.3 Å². The summed E-state index contributed by atoms with van der Waals surface area (Å²) in [5.41, 5.74) is 0. The highest BCUT2D eigenvalue weighted by Crippen LogP contribution is 2.17. The van der Waals surface area contributed by atoms with E-state index in [1.165, 1.54) is 257 Å². The van der Waals surface area contributed by atoms with Crippen LogP contribution in [-0.2, 0) is 14.3 Å². The maximum absolute atomic E-state index is 12.4. The number of nitrogens with one attached hydrogen (secondary N) is 1. The lowest BCUT2D eigenvalue weighted by molar-refractivity contribution is -0.143. The van der Waals surface area contributed by atoms with Gasteiger partial charge in [0.2, 0.25) is 5.91 Å². The minimum absolute atomic E-state index is 0.00231. The summed E-state index contributed by atoms with van der Waals surface area (Å²) in [4.78, 5) is 24.5. The third-order valence-corrected chi connectivity index (χ3v) is 14.6. The molecule has 0 fully saturated rings. The smallest absolute Gasteiger partial charge is 0.305 e. The predicted octanol–water partition coefficient (Wildman–Crippen LogP) is 20.1. The molecular weight excluding hydrogens is 887 g/mol. The zero-order valence-electron chi connectivity index (χ0n) is 48.2. The number of aliphatic hydroxyl groups excluding tert-OH is 2. The molecule has 0 aromatic carbocycles. The van der Waals surface area contributed by atoms with Gasteiger partial charge in [0, 0.05) is 12.8 Å². The number of ether oxygens (including phenoxy) is 1. The number of amides is 1. The van der Waals surface area contributed by atoms with Crippen LogP contribution in [0.3, 0.4) is 0 Å². The molecule has 0 aliphatic heterocycles. The van der Waals surface area contributed by atoms with Crippen LogP contribution in [0, 0.1) is 0 Å². The standard InChI is InChI=1S/C66H123NO5/c1-3-5-7-9-11-13-15-16-17-34-37-40-44-48-52-56-60-66(71)72-61-57-53-49-45-41-38-35-32-30-28-26-24-22-20-18-19-21-23-25-27-29-31-33-36-39-43-47-51-55-59-65(70)67-63(62-68)64(69)58-54-50-46-42-14-12-10-8-6-4-2/h13,15,17-18,20,34,54,58,63-64,68-69H,3-12,14,16,19,21-33,35-53,55-57,59-62H2,1-2H3,(H,67,70)/b15-13-,20-18-,34-17-,58-54+. The molecule has 6 nitrogen and oxygen atoms in total. The van der Waals surface area contributed by atoms with E-state index in [0.717, 1.165) is 51.4 Å². The first-order valence-corrected chi connectivity index (χ1v) is 31.9. The molecule has 2 atom stereocenters. The minimum Gasteiger partial charge on any atom is -0.466 e. The zero-order chi connectivity index (χ0) is 52.2. The molecule has 0 aromatic heterocycles. The largest absolute Gasteiger partial charge is 0.466 e. The van der Waals surface area contributed by atoms with Crippen LogP contribution in [0.4, 0.5) is 0 Å². The van der Waals surface area contributed by atoms with Crippen molar-refractivity contribution in [2.24, 2.45) is 0 Å². The Morgan fingerprint density at radius 3 is 1.08 bits per heavy atom. The number of esters is 1. The van der Waals surface area contributed by atoms with E-state index in [1.54, 1.807) is 6.08 Å². The van der Waals surface area contributed by atoms with Crippen molar-refractivity contribution in [3.63, 3.8) is 0 Å². The van der Waals surface area contributed by atoms with Crippen LogP contribution in [0.2, 0.25) is 0 Å². The average molecular weight is 1010 g/mol. The summed E-state index contributed by atoms with van der Waals surface area (Å²) in [6, 6.07) is -0.626. The fraction of sp³-hybridized carbons (Fsp3) is 0.848. The van der Waals surface area contributed by atoms with Gasteiger partial charge in [-0.25, -0.2) is 0 Å². The van der Waals surface area contributed by atoms with E-state index in [4.69, 9.17) is 4.74 Å². The second-order valence-electron chi connectivity index (χ2n) is 21.7. The highest BCUT2D eigenvalue weighted by atomic mass is 16.5. The van der Waals surface area contributed by atoms with Gasteiger partial charge in [-0.2, -0.15) is 0 Å². The number of allylic oxidation sites excluding steroid dienone is 7. The van der Waals surface area contributed by atoms with Gasteiger partial charge in [0.25, 0.3) is 0 Å². The van der Waals surface area contributed by atoms with E-state index in [-0.39, 0.29) is 18.5 Å². The first kappa shape index (κ1) is 69.8. The highest BCUT2D eigenvalue weighted by molar-refractivity contribution is 5.76. The van der Waals surface area contributed by atoms with Gasteiger partial charge in [-0.3, -0.25) is 9.59 Å². The Labute approximate surface area is 448 Å². The van der Waals surface area contributed by atoms with E-state index >= 15 is 0 Å². The Hall–Kier alpha value is -2.18. The van der Waals surface area contributed by atoms with E-state index in [9.17, 15) is 19.8 Å². The summed E-state index contributed by atoms with van der Waals surface area (Å²) in [7, 11) is 0. The third kappa shape index (κ3) is 57.1. The molecule has 0 heterocycles. The Morgan fingerprint density at radius 2 is 0.694 bits per heavy atom. The molecule has 0 aliphatic rings. The van der Waals surface area contributed by atoms with Crippen molar-refractivity contribution in [3.8, 4) is 0 Å². The molecule has 6 heteroatoms. The molecule has 0 aliphatic carbocycles. The number of aliphatic hydroxyl groups is 2. The number of rotatable bonds is 59. The quantitative estimate of drug-likeness (QED) is 0.0320. The summed E-state index contributed by atoms with van der Waals surface area (Å²) in [6.07, 6.45) is 78.9. The molecule has 0 rings (SSSR count). The Kier molecular flexibility index (Phi) is 59.5. The summed E-state index contributed by atoms with van der Waals surface area (Å²) in [5.74, 6) is -0.0666. The SMILES string of the molecule is CCCCCC/C=C\C/C=C\CCCCCCCC(=O)OCCCCCCCCCCCCCC/C=C\CCCCCCCCCCCCCCCC(=O)NC(CO)C(O)/C=C/CCCCCCCCCC. The van der Waals surface area contributed by atoms with Gasteiger partial charge in [0.1, 0.15) is 0 Å². The first-order chi connectivity index (χ1) is 35.5. The molecule has 0 spiro atoms. The molecule has 72 heavy (non-hydrogen) atoms. The summed E-state index contributed by atoms with van der Waals surface area (Å²) < 4.78 is 5.48. The van der Waals surface area contributed by atoms with Crippen LogP contribution < -0.4 is 5.32 Å². The topological polar surface area (TPSA) is 95.9 Å². The molecule has 0 saturated heterocycles. The molecule has 0 saturated carbocycles. The molecule has 0 radical (unpaired) electrons. The molecule has 0 aromatic rings. The second-order valence-corrected chi connectivity index (χ2v) is 21.7. The maximum Gasteiger partial charge on any atom is 0.305 e. The molecular formula is C66H123NO5. The van der Waals surface area contributed by atoms with Crippen molar-refractivity contribution in [2.75, 3.05) is 13.2 Å². The number of unbranched alkanes of at least 4 members (excludes halogenated alkanes) is 42. The van der Waals surface area contributed by atoms with Crippen molar-refractivity contribution < 1.29 is 24.5 Å². The summed E-state index contributed by atoms with van der Waals surface area (Å²) in [6.45, 7) is 4.87. The highest BCUT2D eigenvalue weighted by Gasteiger charge is 2.18. The van der Waals surface area contributed by atoms with E-state index in [0.29, 0.717) is 19.4 Å². The van der Waals surface area contributed by atoms with Crippen LogP contribution in [0.25, 0.3) is 0 Å². The third-order valence-electron chi connectivity index (χ3n) is 14.6. The van der Waals surface area contributed by atoms with Crippen molar-refractivity contribution in [3.05, 3.63) is 48.6 Å². The van der Waals surface area contributed by atoms with Crippen LogP contribution in [0.5, 0.6) is 0 Å². The van der Waals surface area contributed by atoms with E-state index in [2.05, 4.69) is 55.6 Å². The number of hydrogen-bond donors (Lipinski definition) is 3. The van der Waals surface area contributed by atoms with Crippen LogP contribution in [0.1, 0.15) is 335 Å². The van der Waals surface area contributed by atoms with Gasteiger partial charge in [-0.05, 0) is 89.9 Å². The molecule has 422 valence electrons. The number of hydrogen-bond acceptors (Lipinski definition) is 5. The van der Waals surface area contributed by atoms with E-state index in [1.807, 2.05) is 6.08 Å². The van der Waals surface area contributed by atoms with Crippen LogP contribution >= 0.6 is 0 Å². The van der Waals surface area contributed by atoms with Gasteiger partial charge in [0.05, 0.1) is 25.4 Å². The van der Waals surface area contributed by atoms with E-state index < -0.39 is 12.1 Å². The van der Waals surface area contributed by atoms with Gasteiger partial charge in [0.15, 0.2) is 0 Å². The normalized spacial score (nSPS) is 12.9. The molecule has 2 unspecified atom stereocenters. The monoisotopic (exact) mass is 1010 g/mol. The van der Waals surface area contributed by atoms with Gasteiger partial charge in [-0.15, -0.1) is 0 Å². The predicted molar refractivity (Wildman–Crippen MR) is 315 cm³/mol. The lowest BCUT2D eigenvalue weighted by atomic mass is 10.0. The Morgan fingerprint density at radius 1 is 0.389 bits per heavy atom. The van der Waals surface area contributed by atoms with Crippen LogP contribution in [0.15, 0.2) is 48.6 Å². The Bertz CT molecular complexity index is 1210. The van der Waals surface area contributed by atoms with Crippen LogP contribution in [-0.4, -0.2) is 47.4 Å². The average Bonchev–Trinajstić information content (AvgIpc) is 3.38. The number of carbonyl (C=O) groups is 2. The fourth-order valence-electron chi connectivity index (χ4n) is 9.66. The molecule has 1 amide bonds. The van der Waals surface area contributed by atoms with Crippen molar-refractivity contribution in [1.29, 1.82) is 0 Å². The molecule has 0 bridgehead atoms. The Balaban J connectivity index is 3.37. The minimum atomic E-state index is -0.842.